The van der Waals surface area contributed by atoms with E-state index in [4.69, 9.17) is 4.74 Å². The molecule has 0 aliphatic rings. The molecule has 2 rings (SSSR count). The molecular weight excluding hydrogens is 310 g/mol. The summed E-state index contributed by atoms with van der Waals surface area (Å²) in [6.07, 6.45) is 1.35. The number of nitriles is 1. The molecule has 0 bridgehead atoms. The molecule has 1 aromatic carbocycles. The van der Waals surface area contributed by atoms with E-state index in [1.165, 1.54) is 26.4 Å². The summed E-state index contributed by atoms with van der Waals surface area (Å²) >= 11 is 0. The van der Waals surface area contributed by atoms with E-state index in [1.54, 1.807) is 30.3 Å². The summed E-state index contributed by atoms with van der Waals surface area (Å²) in [4.78, 5) is 26.3. The molecule has 0 radical (unpaired) electrons. The number of H-pyrrole nitrogens is 1. The number of hydrogen-bond donors (Lipinski definition) is 2. The standard InChI is InChI=1S/C17H15N3O4/c1-23-14-5-3-4-12(9-14)20-16(21)11(10-18)8-13-6-7-15(19-13)17(22)24-2/h3-9,19H,1-2H3,(H,20,21)/b11-8+. The van der Waals surface area contributed by atoms with Gasteiger partial charge in [-0.05, 0) is 30.3 Å². The Kier molecular flexibility index (Phi) is 5.36. The summed E-state index contributed by atoms with van der Waals surface area (Å²) in [6, 6.07) is 11.7. The second-order valence-electron chi connectivity index (χ2n) is 4.67. The van der Waals surface area contributed by atoms with Crippen molar-refractivity contribution in [3.63, 3.8) is 0 Å². The average Bonchev–Trinajstić information content (AvgIpc) is 3.07. The molecule has 0 atom stereocenters. The number of carbonyl (C=O) groups is 2. The number of anilines is 1. The minimum absolute atomic E-state index is 0.115. The van der Waals surface area contributed by atoms with Crippen molar-refractivity contribution in [1.29, 1.82) is 5.26 Å². The Morgan fingerprint density at radius 3 is 2.71 bits per heavy atom. The van der Waals surface area contributed by atoms with Gasteiger partial charge in [0.1, 0.15) is 23.1 Å². The fourth-order valence-corrected chi connectivity index (χ4v) is 1.93. The van der Waals surface area contributed by atoms with E-state index in [2.05, 4.69) is 15.0 Å². The molecule has 7 heteroatoms. The van der Waals surface area contributed by atoms with Crippen LogP contribution in [0, 0.1) is 11.3 Å². The molecule has 1 aromatic heterocycles. The topological polar surface area (TPSA) is 104 Å². The van der Waals surface area contributed by atoms with Gasteiger partial charge in [-0.15, -0.1) is 0 Å². The van der Waals surface area contributed by atoms with Crippen LogP contribution in [0.5, 0.6) is 5.75 Å². The van der Waals surface area contributed by atoms with Crippen LogP contribution in [0.4, 0.5) is 5.69 Å². The van der Waals surface area contributed by atoms with Crippen LogP contribution in [-0.4, -0.2) is 31.1 Å². The minimum Gasteiger partial charge on any atom is -0.497 e. The Bertz CT molecular complexity index is 830. The van der Waals surface area contributed by atoms with Gasteiger partial charge < -0.3 is 19.8 Å². The Morgan fingerprint density at radius 2 is 2.04 bits per heavy atom. The van der Waals surface area contributed by atoms with Gasteiger partial charge in [0.2, 0.25) is 0 Å². The van der Waals surface area contributed by atoms with Gasteiger partial charge in [-0.2, -0.15) is 5.26 Å². The highest BCUT2D eigenvalue weighted by molar-refractivity contribution is 6.09. The molecule has 0 aliphatic heterocycles. The van der Waals surface area contributed by atoms with Crippen LogP contribution in [0.25, 0.3) is 6.08 Å². The van der Waals surface area contributed by atoms with Crippen molar-refractivity contribution in [3.05, 3.63) is 53.4 Å². The van der Waals surface area contributed by atoms with Crippen molar-refractivity contribution >= 4 is 23.6 Å². The lowest BCUT2D eigenvalue weighted by atomic mass is 10.2. The number of nitrogens with zero attached hydrogens (tertiary/aromatic N) is 1. The maximum Gasteiger partial charge on any atom is 0.354 e. The minimum atomic E-state index is -0.569. The molecule has 1 heterocycles. The van der Waals surface area contributed by atoms with E-state index in [1.807, 2.05) is 6.07 Å². The van der Waals surface area contributed by atoms with Gasteiger partial charge >= 0.3 is 5.97 Å². The number of ether oxygens (including phenoxy) is 2. The van der Waals surface area contributed by atoms with Crippen LogP contribution < -0.4 is 10.1 Å². The SMILES string of the molecule is COC(=O)c1ccc(/C=C(\C#N)C(=O)Nc2cccc(OC)c2)[nH]1. The molecular formula is C17H15N3O4. The van der Waals surface area contributed by atoms with Crippen LogP contribution in [0.2, 0.25) is 0 Å². The summed E-state index contributed by atoms with van der Waals surface area (Å²) in [5.74, 6) is -0.517. The Morgan fingerprint density at radius 1 is 1.25 bits per heavy atom. The number of methoxy groups -OCH3 is 2. The average molecular weight is 325 g/mol. The summed E-state index contributed by atoms with van der Waals surface area (Å²) in [7, 11) is 2.78. The highest BCUT2D eigenvalue weighted by atomic mass is 16.5. The summed E-state index contributed by atoms with van der Waals surface area (Å²) in [5.41, 5.74) is 1.06. The molecule has 2 aromatic rings. The maximum absolute atomic E-state index is 12.2. The van der Waals surface area contributed by atoms with Gasteiger partial charge in [-0.3, -0.25) is 4.79 Å². The predicted molar refractivity (Wildman–Crippen MR) is 87.3 cm³/mol. The fourth-order valence-electron chi connectivity index (χ4n) is 1.93. The van der Waals surface area contributed by atoms with Gasteiger partial charge in [0.15, 0.2) is 0 Å². The van der Waals surface area contributed by atoms with E-state index in [9.17, 15) is 14.9 Å². The molecule has 0 aliphatic carbocycles. The first-order chi connectivity index (χ1) is 11.6. The maximum atomic E-state index is 12.2. The number of carbonyl (C=O) groups excluding carboxylic acids is 2. The second kappa shape index (κ2) is 7.65. The number of aromatic nitrogens is 1. The van der Waals surface area contributed by atoms with Gasteiger partial charge in [-0.1, -0.05) is 6.07 Å². The third-order valence-electron chi connectivity index (χ3n) is 3.11. The van der Waals surface area contributed by atoms with Crippen molar-refractivity contribution in [3.8, 4) is 11.8 Å². The van der Waals surface area contributed by atoms with Crippen LogP contribution in [0.15, 0.2) is 42.0 Å². The van der Waals surface area contributed by atoms with Gasteiger partial charge in [-0.25, -0.2) is 4.79 Å². The normalized spacial score (nSPS) is 10.6. The van der Waals surface area contributed by atoms with E-state index >= 15 is 0 Å². The summed E-state index contributed by atoms with van der Waals surface area (Å²) in [6.45, 7) is 0. The number of amides is 1. The van der Waals surface area contributed by atoms with Crippen LogP contribution >= 0.6 is 0 Å². The quantitative estimate of drug-likeness (QED) is 0.499. The fraction of sp³-hybridized carbons (Fsp3) is 0.118. The van der Waals surface area contributed by atoms with Gasteiger partial charge in [0.25, 0.3) is 5.91 Å². The molecule has 0 saturated heterocycles. The second-order valence-corrected chi connectivity index (χ2v) is 4.67. The summed E-state index contributed by atoms with van der Waals surface area (Å²) < 4.78 is 9.66. The lowest BCUT2D eigenvalue weighted by Crippen LogP contribution is -2.13. The molecule has 0 saturated carbocycles. The first-order valence-corrected chi connectivity index (χ1v) is 6.92. The third-order valence-corrected chi connectivity index (χ3v) is 3.11. The summed E-state index contributed by atoms with van der Waals surface area (Å²) in [5, 5.41) is 11.8. The monoisotopic (exact) mass is 325 g/mol. The number of rotatable bonds is 5. The Hall–Kier alpha value is -3.53. The lowest BCUT2D eigenvalue weighted by Gasteiger charge is -2.06. The number of esters is 1. The number of aromatic amines is 1. The molecule has 122 valence electrons. The zero-order valence-corrected chi connectivity index (χ0v) is 13.1. The van der Waals surface area contributed by atoms with Crippen molar-refractivity contribution in [2.75, 3.05) is 19.5 Å². The zero-order valence-electron chi connectivity index (χ0n) is 13.1. The number of nitrogens with one attached hydrogen (secondary N) is 2. The molecule has 7 nitrogen and oxygen atoms in total. The largest absolute Gasteiger partial charge is 0.497 e. The van der Waals surface area contributed by atoms with Crippen molar-refractivity contribution in [2.24, 2.45) is 0 Å². The first-order valence-electron chi connectivity index (χ1n) is 6.92. The molecule has 2 N–H and O–H groups in total. The van der Waals surface area contributed by atoms with E-state index in [0.29, 0.717) is 17.1 Å². The highest BCUT2D eigenvalue weighted by Gasteiger charge is 2.12. The lowest BCUT2D eigenvalue weighted by molar-refractivity contribution is -0.112. The van der Waals surface area contributed by atoms with Crippen LogP contribution in [-0.2, 0) is 9.53 Å². The highest BCUT2D eigenvalue weighted by Crippen LogP contribution is 2.18. The molecule has 0 spiro atoms. The van der Waals surface area contributed by atoms with E-state index in [-0.39, 0.29) is 11.3 Å². The molecule has 0 fully saturated rings. The molecule has 24 heavy (non-hydrogen) atoms. The first kappa shape index (κ1) is 16.8. The molecule has 1 amide bonds. The number of hydrogen-bond acceptors (Lipinski definition) is 5. The Labute approximate surface area is 138 Å². The van der Waals surface area contributed by atoms with Crippen molar-refractivity contribution in [2.45, 2.75) is 0 Å². The molecule has 0 unspecified atom stereocenters. The van der Waals surface area contributed by atoms with Crippen LogP contribution in [0.3, 0.4) is 0 Å². The van der Waals surface area contributed by atoms with Gasteiger partial charge in [0.05, 0.1) is 14.2 Å². The third kappa shape index (κ3) is 4.01. The van der Waals surface area contributed by atoms with Crippen molar-refractivity contribution in [1.82, 2.24) is 4.98 Å². The van der Waals surface area contributed by atoms with E-state index in [0.717, 1.165) is 0 Å². The van der Waals surface area contributed by atoms with Crippen molar-refractivity contribution < 1.29 is 19.1 Å². The van der Waals surface area contributed by atoms with Gasteiger partial charge in [0, 0.05) is 17.4 Å². The smallest absolute Gasteiger partial charge is 0.354 e. The predicted octanol–water partition coefficient (Wildman–Crippen LogP) is 2.36. The van der Waals surface area contributed by atoms with E-state index < -0.39 is 11.9 Å². The number of benzene rings is 1. The van der Waals surface area contributed by atoms with Crippen LogP contribution in [0.1, 0.15) is 16.2 Å². The zero-order chi connectivity index (χ0) is 17.5. The Balaban J connectivity index is 2.17.